The maximum absolute atomic E-state index is 12.7. The topological polar surface area (TPSA) is 58.2 Å². The molecule has 2 amide bonds. The molecule has 0 spiro atoms. The van der Waals surface area contributed by atoms with E-state index in [0.717, 1.165) is 37.0 Å². The highest BCUT2D eigenvalue weighted by Crippen LogP contribution is 2.55. The van der Waals surface area contributed by atoms with E-state index < -0.39 is 6.04 Å². The predicted molar refractivity (Wildman–Crippen MR) is 97.4 cm³/mol. The summed E-state index contributed by atoms with van der Waals surface area (Å²) in [5.74, 6) is 2.04. The van der Waals surface area contributed by atoms with E-state index in [1.807, 2.05) is 0 Å². The first-order chi connectivity index (χ1) is 11.9. The summed E-state index contributed by atoms with van der Waals surface area (Å²) in [6.45, 7) is 1.75. The Hall–Kier alpha value is -1.55. The molecule has 4 aliphatic rings. The molecule has 5 rings (SSSR count). The lowest BCUT2D eigenvalue weighted by molar-refractivity contribution is -0.128. The third-order valence-corrected chi connectivity index (χ3v) is 6.53. The van der Waals surface area contributed by atoms with Crippen LogP contribution in [0.5, 0.6) is 0 Å². The summed E-state index contributed by atoms with van der Waals surface area (Å²) < 4.78 is 0. The summed E-state index contributed by atoms with van der Waals surface area (Å²) >= 11 is 5.85. The zero-order valence-electron chi connectivity index (χ0n) is 14.6. The molecule has 1 unspecified atom stereocenters. The first-order valence-corrected chi connectivity index (χ1v) is 9.69. The zero-order valence-corrected chi connectivity index (χ0v) is 15.3. The van der Waals surface area contributed by atoms with Crippen LogP contribution in [0.25, 0.3) is 0 Å². The highest BCUT2D eigenvalue weighted by Gasteiger charge is 2.51. The van der Waals surface area contributed by atoms with Gasteiger partial charge in [0.2, 0.25) is 5.91 Å². The minimum Gasteiger partial charge on any atom is -0.349 e. The van der Waals surface area contributed by atoms with Crippen molar-refractivity contribution in [1.82, 2.24) is 10.6 Å². The average Bonchev–Trinajstić information content (AvgIpc) is 2.53. The molecule has 1 aromatic rings. The maximum Gasteiger partial charge on any atom is 0.251 e. The molecule has 4 saturated carbocycles. The van der Waals surface area contributed by atoms with Gasteiger partial charge in [0, 0.05) is 16.1 Å². The van der Waals surface area contributed by atoms with Crippen molar-refractivity contribution >= 4 is 23.4 Å². The first kappa shape index (κ1) is 16.9. The van der Waals surface area contributed by atoms with Crippen LogP contribution < -0.4 is 10.6 Å². The van der Waals surface area contributed by atoms with Gasteiger partial charge >= 0.3 is 0 Å². The van der Waals surface area contributed by atoms with Crippen LogP contribution in [0.2, 0.25) is 5.02 Å². The molecule has 0 radical (unpaired) electrons. The lowest BCUT2D eigenvalue weighted by atomic mass is 9.53. The second kappa shape index (κ2) is 6.31. The lowest BCUT2D eigenvalue weighted by Crippen LogP contribution is -2.62. The van der Waals surface area contributed by atoms with Crippen LogP contribution in [0.3, 0.4) is 0 Å². The number of carbonyl (C=O) groups is 2. The molecule has 2 N–H and O–H groups in total. The molecule has 0 heterocycles. The molecule has 0 aromatic heterocycles. The van der Waals surface area contributed by atoms with Crippen molar-refractivity contribution in [3.63, 3.8) is 0 Å². The van der Waals surface area contributed by atoms with Gasteiger partial charge in [-0.25, -0.2) is 0 Å². The Bertz CT molecular complexity index is 650. The molecule has 4 bridgehead atoms. The third kappa shape index (κ3) is 3.41. The number of hydrogen-bond acceptors (Lipinski definition) is 2. The fraction of sp³-hybridized carbons (Fsp3) is 0.600. The number of benzene rings is 1. The van der Waals surface area contributed by atoms with Gasteiger partial charge in [0.15, 0.2) is 0 Å². The van der Waals surface area contributed by atoms with Crippen molar-refractivity contribution in [2.75, 3.05) is 0 Å². The molecule has 4 aliphatic carbocycles. The number of amides is 2. The summed E-state index contributed by atoms with van der Waals surface area (Å²) in [5, 5.41) is 6.71. The van der Waals surface area contributed by atoms with E-state index >= 15 is 0 Å². The zero-order chi connectivity index (χ0) is 17.6. The van der Waals surface area contributed by atoms with Gasteiger partial charge in [-0.05, 0) is 87.5 Å². The van der Waals surface area contributed by atoms with Gasteiger partial charge in [-0.2, -0.15) is 0 Å². The minimum atomic E-state index is -0.545. The van der Waals surface area contributed by atoms with Crippen LogP contribution >= 0.6 is 11.6 Å². The SMILES string of the molecule is CC(NC(=O)c1ccc(Cl)cc1)C(=O)NC12CC3CC(CC(C3)C1)C2. The molecule has 1 aromatic carbocycles. The lowest BCUT2D eigenvalue weighted by Gasteiger charge is -2.57. The van der Waals surface area contributed by atoms with Crippen molar-refractivity contribution in [2.45, 2.75) is 57.0 Å². The van der Waals surface area contributed by atoms with E-state index in [4.69, 9.17) is 11.6 Å². The van der Waals surface area contributed by atoms with E-state index in [0.29, 0.717) is 10.6 Å². The largest absolute Gasteiger partial charge is 0.349 e. The van der Waals surface area contributed by atoms with E-state index in [1.165, 1.54) is 19.3 Å². The normalized spacial score (nSPS) is 33.8. The number of halogens is 1. The number of hydrogen-bond donors (Lipinski definition) is 2. The standard InChI is InChI=1S/C20H25ClN2O2/c1-12(22-19(25)16-2-4-17(21)5-3-16)18(24)23-20-9-13-6-14(10-20)8-15(7-13)11-20/h2-5,12-15H,6-11H2,1H3,(H,22,25)(H,23,24). The van der Waals surface area contributed by atoms with Crippen LogP contribution in [0.1, 0.15) is 55.8 Å². The van der Waals surface area contributed by atoms with Gasteiger partial charge < -0.3 is 10.6 Å². The van der Waals surface area contributed by atoms with Gasteiger partial charge in [0.05, 0.1) is 0 Å². The smallest absolute Gasteiger partial charge is 0.251 e. The summed E-state index contributed by atoms with van der Waals surface area (Å²) in [7, 11) is 0. The van der Waals surface area contributed by atoms with Crippen molar-refractivity contribution in [3.05, 3.63) is 34.9 Å². The Morgan fingerprint density at radius 1 is 1.04 bits per heavy atom. The first-order valence-electron chi connectivity index (χ1n) is 9.31. The summed E-state index contributed by atoms with van der Waals surface area (Å²) in [5.41, 5.74) is 0.490. The Morgan fingerprint density at radius 3 is 2.08 bits per heavy atom. The van der Waals surface area contributed by atoms with Crippen LogP contribution in [-0.2, 0) is 4.79 Å². The maximum atomic E-state index is 12.7. The van der Waals surface area contributed by atoms with Gasteiger partial charge in [0.1, 0.15) is 6.04 Å². The van der Waals surface area contributed by atoms with Crippen molar-refractivity contribution in [2.24, 2.45) is 17.8 Å². The monoisotopic (exact) mass is 360 g/mol. The number of carbonyl (C=O) groups excluding carboxylic acids is 2. The van der Waals surface area contributed by atoms with Gasteiger partial charge in [-0.1, -0.05) is 11.6 Å². The molecule has 4 nitrogen and oxygen atoms in total. The Balaban J connectivity index is 1.38. The molecule has 5 heteroatoms. The highest BCUT2D eigenvalue weighted by atomic mass is 35.5. The molecular weight excluding hydrogens is 336 g/mol. The number of nitrogens with one attached hydrogen (secondary N) is 2. The molecule has 1 atom stereocenters. The van der Waals surface area contributed by atoms with Crippen molar-refractivity contribution in [3.8, 4) is 0 Å². The molecule has 0 aliphatic heterocycles. The molecule has 0 saturated heterocycles. The fourth-order valence-corrected chi connectivity index (χ4v) is 5.71. The van der Waals surface area contributed by atoms with Crippen molar-refractivity contribution < 1.29 is 9.59 Å². The summed E-state index contributed by atoms with van der Waals surface area (Å²) in [6.07, 6.45) is 7.38. The van der Waals surface area contributed by atoms with E-state index in [2.05, 4.69) is 10.6 Å². The molecular formula is C20H25ClN2O2. The van der Waals surface area contributed by atoms with E-state index in [1.54, 1.807) is 31.2 Å². The van der Waals surface area contributed by atoms with Crippen LogP contribution in [0, 0.1) is 17.8 Å². The Kier molecular flexibility index (Phi) is 4.27. The minimum absolute atomic E-state index is 0.0227. The second-order valence-corrected chi connectivity index (χ2v) is 8.83. The number of rotatable bonds is 4. The second-order valence-electron chi connectivity index (χ2n) is 8.39. The van der Waals surface area contributed by atoms with Crippen LogP contribution in [0.4, 0.5) is 0 Å². The Labute approximate surface area is 153 Å². The van der Waals surface area contributed by atoms with Gasteiger partial charge in [-0.3, -0.25) is 9.59 Å². The molecule has 4 fully saturated rings. The predicted octanol–water partition coefficient (Wildman–Crippen LogP) is 3.54. The quantitative estimate of drug-likeness (QED) is 0.862. The van der Waals surface area contributed by atoms with Crippen LogP contribution in [-0.4, -0.2) is 23.4 Å². The van der Waals surface area contributed by atoms with E-state index in [9.17, 15) is 9.59 Å². The van der Waals surface area contributed by atoms with Crippen molar-refractivity contribution in [1.29, 1.82) is 0 Å². The molecule has 134 valence electrons. The summed E-state index contributed by atoms with van der Waals surface area (Å²) in [4.78, 5) is 25.0. The molecule has 25 heavy (non-hydrogen) atoms. The van der Waals surface area contributed by atoms with Crippen LogP contribution in [0.15, 0.2) is 24.3 Å². The van der Waals surface area contributed by atoms with Gasteiger partial charge in [0.25, 0.3) is 5.91 Å². The van der Waals surface area contributed by atoms with Gasteiger partial charge in [-0.15, -0.1) is 0 Å². The fourth-order valence-electron chi connectivity index (χ4n) is 5.58. The third-order valence-electron chi connectivity index (χ3n) is 6.27. The highest BCUT2D eigenvalue weighted by molar-refractivity contribution is 6.30. The average molecular weight is 361 g/mol. The Morgan fingerprint density at radius 2 is 1.56 bits per heavy atom. The summed E-state index contributed by atoms with van der Waals surface area (Å²) in [6, 6.07) is 6.15. The van der Waals surface area contributed by atoms with E-state index in [-0.39, 0.29) is 17.4 Å².